The van der Waals surface area contributed by atoms with Crippen molar-refractivity contribution in [3.8, 4) is 0 Å². The maximum atomic E-state index is 13.3. The molecular weight excluding hydrogens is 382 g/mol. The van der Waals surface area contributed by atoms with Crippen LogP contribution in [-0.2, 0) is 11.3 Å². The molecule has 0 aliphatic carbocycles. The molecule has 2 fully saturated rings. The van der Waals surface area contributed by atoms with Crippen LogP contribution in [0, 0.1) is 5.92 Å². The van der Waals surface area contributed by atoms with Gasteiger partial charge in [-0.2, -0.15) is 0 Å². The Kier molecular flexibility index (Phi) is 4.81. The normalized spacial score (nSPS) is 28.2. The molecule has 0 saturated carbocycles. The lowest BCUT2D eigenvalue weighted by Crippen LogP contribution is -2.51. The highest BCUT2D eigenvalue weighted by molar-refractivity contribution is 5.94. The summed E-state index contributed by atoms with van der Waals surface area (Å²) in [4.78, 5) is 38.8. The third-order valence-corrected chi connectivity index (χ3v) is 6.43. The number of hydrogen-bond donors (Lipinski definition) is 0. The number of amides is 1. The Labute approximate surface area is 175 Å². The number of aromatic nitrogens is 3. The molecule has 30 heavy (non-hydrogen) atoms. The molecule has 8 heteroatoms. The van der Waals surface area contributed by atoms with Gasteiger partial charge in [0.1, 0.15) is 17.7 Å². The smallest absolute Gasteiger partial charge is 0.263 e. The van der Waals surface area contributed by atoms with Crippen molar-refractivity contribution in [1.82, 2.24) is 19.4 Å². The molecule has 158 valence electrons. The molecule has 0 aromatic carbocycles. The predicted octanol–water partition coefficient (Wildman–Crippen LogP) is 1.51. The summed E-state index contributed by atoms with van der Waals surface area (Å²) in [5.41, 5.74) is 1.14. The van der Waals surface area contributed by atoms with Gasteiger partial charge < -0.3 is 19.1 Å². The first-order valence-electron chi connectivity index (χ1n) is 10.7. The van der Waals surface area contributed by atoms with E-state index in [9.17, 15) is 9.59 Å². The van der Waals surface area contributed by atoms with Crippen LogP contribution in [0.2, 0.25) is 0 Å². The maximum Gasteiger partial charge on any atom is 0.263 e. The Morgan fingerprint density at radius 3 is 2.60 bits per heavy atom. The van der Waals surface area contributed by atoms with E-state index in [0.29, 0.717) is 25.6 Å². The zero-order valence-corrected chi connectivity index (χ0v) is 17.4. The number of anilines is 1. The molecule has 8 nitrogen and oxygen atoms in total. The number of ether oxygens (including phenoxy) is 1. The lowest BCUT2D eigenvalue weighted by molar-refractivity contribution is -0.0586. The summed E-state index contributed by atoms with van der Waals surface area (Å²) in [6.45, 7) is 7.27. The first kappa shape index (κ1) is 19.2. The number of piperidine rings is 1. The van der Waals surface area contributed by atoms with Gasteiger partial charge in [0.15, 0.2) is 0 Å². The summed E-state index contributed by atoms with van der Waals surface area (Å²) in [6.07, 6.45) is 4.35. The molecule has 0 N–H and O–H groups in total. The van der Waals surface area contributed by atoms with Crippen molar-refractivity contribution >= 4 is 11.7 Å². The molecule has 1 amide bonds. The van der Waals surface area contributed by atoms with Crippen LogP contribution in [0.25, 0.3) is 0 Å². The summed E-state index contributed by atoms with van der Waals surface area (Å²) in [5, 5.41) is 0. The van der Waals surface area contributed by atoms with E-state index in [1.807, 2.05) is 30.5 Å². The predicted molar refractivity (Wildman–Crippen MR) is 112 cm³/mol. The van der Waals surface area contributed by atoms with E-state index in [4.69, 9.17) is 4.74 Å². The van der Waals surface area contributed by atoms with Crippen LogP contribution >= 0.6 is 0 Å². The summed E-state index contributed by atoms with van der Waals surface area (Å²) in [6, 6.07) is 5.64. The highest BCUT2D eigenvalue weighted by Gasteiger charge is 2.36. The van der Waals surface area contributed by atoms with Gasteiger partial charge in [-0.25, -0.2) is 9.97 Å². The molecule has 0 spiro atoms. The van der Waals surface area contributed by atoms with E-state index >= 15 is 0 Å². The van der Waals surface area contributed by atoms with Crippen molar-refractivity contribution in [1.29, 1.82) is 0 Å². The van der Waals surface area contributed by atoms with Crippen LogP contribution < -0.4 is 10.5 Å². The second kappa shape index (κ2) is 7.50. The Balaban J connectivity index is 1.42. The summed E-state index contributed by atoms with van der Waals surface area (Å²) in [5.74, 6) is 1.36. The monoisotopic (exact) mass is 409 g/mol. The number of carbonyl (C=O) groups excluding carboxylic acids is 1. The van der Waals surface area contributed by atoms with Crippen molar-refractivity contribution in [2.75, 3.05) is 31.1 Å². The molecule has 3 aliphatic heterocycles. The number of hydrogen-bond acceptors (Lipinski definition) is 6. The van der Waals surface area contributed by atoms with Crippen LogP contribution in [0.1, 0.15) is 42.2 Å². The topological polar surface area (TPSA) is 80.6 Å². The Morgan fingerprint density at radius 1 is 1.07 bits per heavy atom. The number of nitrogens with zero attached hydrogens (tertiary/aromatic N) is 5. The van der Waals surface area contributed by atoms with E-state index in [-0.39, 0.29) is 35.2 Å². The van der Waals surface area contributed by atoms with Gasteiger partial charge in [0, 0.05) is 50.5 Å². The standard InChI is InChI=1S/C22H27N5O3/c1-14-8-26(9-15(2)30-14)21(28)18-3-4-19-17-7-16(11-27(19)22(18)29)10-25(12-17)20-5-6-23-13-24-20/h3-6,13-17H,7-12H2,1-2H3/t14-,15+,16-,17+/m0/s1. The van der Waals surface area contributed by atoms with Crippen LogP contribution in [-0.4, -0.2) is 63.7 Å². The molecule has 0 unspecified atom stereocenters. The Hall–Kier alpha value is -2.74. The molecule has 5 rings (SSSR count). The van der Waals surface area contributed by atoms with Crippen LogP contribution in [0.3, 0.4) is 0 Å². The number of pyridine rings is 1. The molecule has 2 saturated heterocycles. The molecule has 2 aromatic heterocycles. The zero-order valence-electron chi connectivity index (χ0n) is 17.4. The van der Waals surface area contributed by atoms with Crippen LogP contribution in [0.5, 0.6) is 0 Å². The third-order valence-electron chi connectivity index (χ3n) is 6.43. The average molecular weight is 409 g/mol. The Bertz CT molecular complexity index is 998. The van der Waals surface area contributed by atoms with Crippen molar-refractivity contribution in [3.05, 3.63) is 52.3 Å². The van der Waals surface area contributed by atoms with Gasteiger partial charge >= 0.3 is 0 Å². The van der Waals surface area contributed by atoms with Gasteiger partial charge in [-0.15, -0.1) is 0 Å². The second-order valence-corrected chi connectivity index (χ2v) is 8.83. The lowest BCUT2D eigenvalue weighted by atomic mass is 9.83. The number of carbonyl (C=O) groups is 1. The number of fused-ring (bicyclic) bond motifs is 4. The Morgan fingerprint density at radius 2 is 1.87 bits per heavy atom. The second-order valence-electron chi connectivity index (χ2n) is 8.83. The van der Waals surface area contributed by atoms with Gasteiger partial charge in [-0.05, 0) is 44.4 Å². The van der Waals surface area contributed by atoms with E-state index in [0.717, 1.165) is 31.0 Å². The number of morpholine rings is 1. The largest absolute Gasteiger partial charge is 0.372 e. The molecule has 5 heterocycles. The minimum Gasteiger partial charge on any atom is -0.372 e. The first-order chi connectivity index (χ1) is 14.5. The van der Waals surface area contributed by atoms with Gasteiger partial charge in [-0.3, -0.25) is 9.59 Å². The minimum absolute atomic E-state index is 0.0229. The molecule has 2 aromatic rings. The first-order valence-corrected chi connectivity index (χ1v) is 10.7. The van der Waals surface area contributed by atoms with E-state index < -0.39 is 0 Å². The molecule has 4 atom stereocenters. The SMILES string of the molecule is C[C@@H]1CN(C(=O)c2ccc3n(c2=O)C[C@H]2C[C@@H]3CN(c3ccncn3)C2)C[C@H](C)O1. The fourth-order valence-corrected chi connectivity index (χ4v) is 5.28. The molecular formula is C22H27N5O3. The quantitative estimate of drug-likeness (QED) is 0.748. The van der Waals surface area contributed by atoms with Crippen molar-refractivity contribution in [3.63, 3.8) is 0 Å². The summed E-state index contributed by atoms with van der Waals surface area (Å²) < 4.78 is 7.57. The van der Waals surface area contributed by atoms with E-state index in [1.165, 1.54) is 0 Å². The molecule has 2 bridgehead atoms. The lowest BCUT2D eigenvalue weighted by Gasteiger charge is -2.43. The summed E-state index contributed by atoms with van der Waals surface area (Å²) in [7, 11) is 0. The van der Waals surface area contributed by atoms with Crippen molar-refractivity contribution < 1.29 is 9.53 Å². The zero-order chi connectivity index (χ0) is 20.8. The highest BCUT2D eigenvalue weighted by atomic mass is 16.5. The maximum absolute atomic E-state index is 13.3. The van der Waals surface area contributed by atoms with Gasteiger partial charge in [0.2, 0.25) is 0 Å². The van der Waals surface area contributed by atoms with E-state index in [1.54, 1.807) is 23.5 Å². The third kappa shape index (κ3) is 3.39. The van der Waals surface area contributed by atoms with Gasteiger partial charge in [-0.1, -0.05) is 0 Å². The number of rotatable bonds is 2. The van der Waals surface area contributed by atoms with Gasteiger partial charge in [0.05, 0.1) is 12.2 Å². The molecule has 3 aliphatic rings. The minimum atomic E-state index is -0.185. The molecule has 0 radical (unpaired) electrons. The average Bonchev–Trinajstić information content (AvgIpc) is 2.74. The summed E-state index contributed by atoms with van der Waals surface area (Å²) >= 11 is 0. The fourth-order valence-electron chi connectivity index (χ4n) is 5.28. The van der Waals surface area contributed by atoms with Crippen molar-refractivity contribution in [2.45, 2.75) is 44.9 Å². The van der Waals surface area contributed by atoms with Gasteiger partial charge in [0.25, 0.3) is 11.5 Å². The fraction of sp³-hybridized carbons (Fsp3) is 0.545. The van der Waals surface area contributed by atoms with E-state index in [2.05, 4.69) is 14.9 Å². The van der Waals surface area contributed by atoms with Crippen LogP contribution in [0.15, 0.2) is 35.5 Å². The van der Waals surface area contributed by atoms with Crippen molar-refractivity contribution in [2.24, 2.45) is 5.92 Å². The van der Waals surface area contributed by atoms with Crippen LogP contribution in [0.4, 0.5) is 5.82 Å². The highest BCUT2D eigenvalue weighted by Crippen LogP contribution is 2.36.